The number of nitrogens with zero attached hydrogens (tertiary/aromatic N) is 6. The van der Waals surface area contributed by atoms with Gasteiger partial charge in [-0.2, -0.15) is 20.1 Å². The smallest absolute Gasteiger partial charge is 0.340 e. The van der Waals surface area contributed by atoms with E-state index in [1.165, 1.54) is 20.4 Å². The predicted octanol–water partition coefficient (Wildman–Crippen LogP) is 0.706. The number of hydrazone groups is 1. The Morgan fingerprint density at radius 3 is 2.09 bits per heavy atom. The van der Waals surface area contributed by atoms with Crippen molar-refractivity contribution in [3.05, 3.63) is 23.3 Å². The van der Waals surface area contributed by atoms with Crippen molar-refractivity contribution in [1.29, 1.82) is 0 Å². The van der Waals surface area contributed by atoms with Crippen LogP contribution in [0.25, 0.3) is 0 Å². The number of benzene rings is 1. The Morgan fingerprint density at radius 1 is 1.00 bits per heavy atom. The number of aromatic nitrogens is 3. The molecule has 13 heteroatoms. The minimum absolute atomic E-state index is 0.0638. The first kappa shape index (κ1) is 23.4. The van der Waals surface area contributed by atoms with E-state index in [1.54, 1.807) is 12.1 Å². The molecule has 182 valence electrons. The summed E-state index contributed by atoms with van der Waals surface area (Å²) in [5.74, 6) is 0.550. The third kappa shape index (κ3) is 5.26. The number of hydrogen-bond donors (Lipinski definition) is 2. The van der Waals surface area contributed by atoms with Gasteiger partial charge in [0.1, 0.15) is 5.56 Å². The largest absolute Gasteiger partial charge is 0.493 e. The molecule has 1 aromatic heterocycles. The second-order valence-electron chi connectivity index (χ2n) is 7.40. The van der Waals surface area contributed by atoms with Crippen LogP contribution in [-0.4, -0.2) is 99.1 Å². The number of methoxy groups -OCH3 is 2. The zero-order valence-electron chi connectivity index (χ0n) is 19.1. The van der Waals surface area contributed by atoms with E-state index in [2.05, 4.69) is 25.5 Å². The lowest BCUT2D eigenvalue weighted by Crippen LogP contribution is -2.40. The topological polar surface area (TPSA) is 144 Å². The van der Waals surface area contributed by atoms with Crippen LogP contribution < -0.4 is 24.7 Å². The van der Waals surface area contributed by atoms with Gasteiger partial charge >= 0.3 is 5.97 Å². The minimum Gasteiger partial charge on any atom is -0.493 e. The Balaban J connectivity index is 1.61. The van der Waals surface area contributed by atoms with E-state index in [4.69, 9.17) is 18.9 Å². The zero-order valence-corrected chi connectivity index (χ0v) is 19.1. The van der Waals surface area contributed by atoms with Crippen molar-refractivity contribution in [2.75, 3.05) is 82.1 Å². The third-order valence-electron chi connectivity index (χ3n) is 5.36. The van der Waals surface area contributed by atoms with Gasteiger partial charge in [0, 0.05) is 31.7 Å². The summed E-state index contributed by atoms with van der Waals surface area (Å²) in [6.07, 6.45) is 1.37. The molecule has 4 rings (SSSR count). The highest BCUT2D eigenvalue weighted by Crippen LogP contribution is 2.33. The Kier molecular flexibility index (Phi) is 7.54. The summed E-state index contributed by atoms with van der Waals surface area (Å²) in [7, 11) is 2.83. The maximum absolute atomic E-state index is 11.9. The van der Waals surface area contributed by atoms with Crippen molar-refractivity contribution < 1.29 is 28.8 Å². The molecule has 0 amide bonds. The van der Waals surface area contributed by atoms with Crippen LogP contribution in [0.5, 0.6) is 11.5 Å². The highest BCUT2D eigenvalue weighted by Gasteiger charge is 2.22. The number of nitrogens with one attached hydrogen (secondary N) is 1. The number of morpholine rings is 2. The molecule has 0 saturated carbocycles. The van der Waals surface area contributed by atoms with Gasteiger partial charge in [0.15, 0.2) is 11.5 Å². The molecular formula is C21H27N7O6. The summed E-state index contributed by atoms with van der Waals surface area (Å²) in [6.45, 7) is 5.05. The molecule has 0 aliphatic carbocycles. The van der Waals surface area contributed by atoms with E-state index in [1.807, 2.05) is 9.80 Å². The number of carboxylic acid groups (broad SMARTS) is 1. The monoisotopic (exact) mass is 473 g/mol. The fourth-order valence-electron chi connectivity index (χ4n) is 3.64. The Labute approximate surface area is 196 Å². The third-order valence-corrected chi connectivity index (χ3v) is 5.36. The molecule has 13 nitrogen and oxygen atoms in total. The number of carboxylic acids is 1. The zero-order chi connectivity index (χ0) is 23.9. The molecule has 0 bridgehead atoms. The van der Waals surface area contributed by atoms with Crippen LogP contribution in [-0.2, 0) is 9.47 Å². The van der Waals surface area contributed by atoms with Gasteiger partial charge in [-0.1, -0.05) is 0 Å². The Morgan fingerprint density at radius 2 is 1.59 bits per heavy atom. The second-order valence-corrected chi connectivity index (χ2v) is 7.40. The first-order valence-corrected chi connectivity index (χ1v) is 10.8. The van der Waals surface area contributed by atoms with Crippen LogP contribution in [0.4, 0.5) is 17.8 Å². The van der Waals surface area contributed by atoms with Gasteiger partial charge in [0.2, 0.25) is 17.8 Å². The molecule has 3 heterocycles. The van der Waals surface area contributed by atoms with E-state index >= 15 is 0 Å². The highest BCUT2D eigenvalue weighted by molar-refractivity contribution is 6.01. The van der Waals surface area contributed by atoms with Crippen LogP contribution >= 0.6 is 0 Å². The molecule has 2 aromatic rings. The number of rotatable bonds is 8. The van der Waals surface area contributed by atoms with Crippen LogP contribution in [0.15, 0.2) is 17.2 Å². The van der Waals surface area contributed by atoms with Gasteiger partial charge in [0.25, 0.3) is 0 Å². The molecular weight excluding hydrogens is 446 g/mol. The summed E-state index contributed by atoms with van der Waals surface area (Å²) >= 11 is 0. The normalized spacial score (nSPS) is 16.5. The number of hydrogen-bond acceptors (Lipinski definition) is 12. The molecule has 0 unspecified atom stereocenters. The van der Waals surface area contributed by atoms with Gasteiger partial charge in [-0.15, -0.1) is 0 Å². The van der Waals surface area contributed by atoms with E-state index in [0.717, 1.165) is 0 Å². The minimum atomic E-state index is -1.17. The van der Waals surface area contributed by atoms with Crippen molar-refractivity contribution in [1.82, 2.24) is 15.0 Å². The van der Waals surface area contributed by atoms with E-state index < -0.39 is 5.97 Å². The molecule has 0 spiro atoms. The SMILES string of the molecule is COc1ccc(/C=N/Nc2nc(N3CCOCC3)nc(N3CCOCC3)n2)c(C(=O)O)c1OC. The summed E-state index contributed by atoms with van der Waals surface area (Å²) in [6, 6.07) is 3.20. The van der Waals surface area contributed by atoms with E-state index in [0.29, 0.717) is 75.8 Å². The number of ether oxygens (including phenoxy) is 4. The Bertz CT molecular complexity index is 1000. The average Bonchev–Trinajstić information content (AvgIpc) is 2.89. The Hall–Kier alpha value is -3.71. The lowest BCUT2D eigenvalue weighted by Gasteiger charge is -2.30. The predicted molar refractivity (Wildman–Crippen MR) is 124 cm³/mol. The first-order valence-electron chi connectivity index (χ1n) is 10.8. The number of anilines is 3. The fourth-order valence-corrected chi connectivity index (χ4v) is 3.64. The summed E-state index contributed by atoms with van der Waals surface area (Å²) < 4.78 is 21.3. The highest BCUT2D eigenvalue weighted by atomic mass is 16.5. The molecule has 0 atom stereocenters. The number of carbonyl (C=O) groups is 1. The molecule has 2 N–H and O–H groups in total. The molecule has 2 fully saturated rings. The summed E-state index contributed by atoms with van der Waals surface area (Å²) in [5.41, 5.74) is 3.07. The molecule has 34 heavy (non-hydrogen) atoms. The van der Waals surface area contributed by atoms with Crippen molar-refractivity contribution in [3.8, 4) is 11.5 Å². The lowest BCUT2D eigenvalue weighted by atomic mass is 10.1. The average molecular weight is 473 g/mol. The molecule has 2 saturated heterocycles. The van der Waals surface area contributed by atoms with Gasteiger partial charge in [-0.3, -0.25) is 0 Å². The molecule has 1 aromatic carbocycles. The maximum atomic E-state index is 11.9. The van der Waals surface area contributed by atoms with E-state index in [9.17, 15) is 9.90 Å². The number of aromatic carboxylic acids is 1. The molecule has 0 radical (unpaired) electrons. The van der Waals surface area contributed by atoms with Gasteiger partial charge in [0.05, 0.1) is 46.9 Å². The van der Waals surface area contributed by atoms with Crippen molar-refractivity contribution in [3.63, 3.8) is 0 Å². The first-order chi connectivity index (χ1) is 16.6. The lowest BCUT2D eigenvalue weighted by molar-refractivity contribution is 0.0692. The second kappa shape index (κ2) is 10.9. The summed E-state index contributed by atoms with van der Waals surface area (Å²) in [4.78, 5) is 29.6. The van der Waals surface area contributed by atoms with E-state index in [-0.39, 0.29) is 17.3 Å². The molecule has 2 aliphatic heterocycles. The van der Waals surface area contributed by atoms with Crippen molar-refractivity contribution in [2.24, 2.45) is 5.10 Å². The van der Waals surface area contributed by atoms with Crippen LogP contribution in [0.1, 0.15) is 15.9 Å². The van der Waals surface area contributed by atoms with Crippen molar-refractivity contribution in [2.45, 2.75) is 0 Å². The van der Waals surface area contributed by atoms with Gasteiger partial charge < -0.3 is 33.9 Å². The fraction of sp³-hybridized carbons (Fsp3) is 0.476. The van der Waals surface area contributed by atoms with Crippen LogP contribution in [0.3, 0.4) is 0 Å². The quantitative estimate of drug-likeness (QED) is 0.411. The molecule has 2 aliphatic rings. The van der Waals surface area contributed by atoms with Crippen molar-refractivity contribution >= 4 is 30.0 Å². The van der Waals surface area contributed by atoms with Crippen LogP contribution in [0.2, 0.25) is 0 Å². The summed E-state index contributed by atoms with van der Waals surface area (Å²) in [5, 5.41) is 13.9. The maximum Gasteiger partial charge on any atom is 0.340 e. The van der Waals surface area contributed by atoms with Crippen LogP contribution in [0, 0.1) is 0 Å². The van der Waals surface area contributed by atoms with Gasteiger partial charge in [-0.05, 0) is 12.1 Å². The standard InChI is InChI=1S/C21H27N7O6/c1-31-15-4-3-14(16(18(29)30)17(15)32-2)13-22-26-19-23-20(27-5-9-33-10-6-27)25-21(24-19)28-7-11-34-12-8-28/h3-4,13H,5-12H2,1-2H3,(H,29,30)(H,23,24,25,26)/b22-13+. The van der Waals surface area contributed by atoms with Gasteiger partial charge in [-0.25, -0.2) is 10.2 Å².